The molecule has 1 aromatic carbocycles. The van der Waals surface area contributed by atoms with E-state index in [0.717, 1.165) is 33.2 Å². The van der Waals surface area contributed by atoms with Gasteiger partial charge in [-0.15, -0.1) is 11.3 Å². The third-order valence-electron chi connectivity index (χ3n) is 3.54. The SMILES string of the molecule is COc1ccc(-c2c(C)sc3nc(C)c(N)n23)cc1C. The van der Waals surface area contributed by atoms with Gasteiger partial charge in [0.15, 0.2) is 4.96 Å². The highest BCUT2D eigenvalue weighted by atomic mass is 32.1. The molecule has 2 aromatic heterocycles. The molecule has 20 heavy (non-hydrogen) atoms. The molecule has 0 unspecified atom stereocenters. The van der Waals surface area contributed by atoms with Crippen LogP contribution in [-0.2, 0) is 0 Å². The number of hydrogen-bond acceptors (Lipinski definition) is 4. The molecule has 0 aliphatic carbocycles. The first-order valence-electron chi connectivity index (χ1n) is 6.42. The van der Waals surface area contributed by atoms with E-state index < -0.39 is 0 Å². The molecule has 0 saturated heterocycles. The summed E-state index contributed by atoms with van der Waals surface area (Å²) >= 11 is 1.67. The fraction of sp³-hybridized carbons (Fsp3) is 0.267. The fourth-order valence-electron chi connectivity index (χ4n) is 2.50. The Kier molecular flexibility index (Phi) is 2.94. The summed E-state index contributed by atoms with van der Waals surface area (Å²) in [6.07, 6.45) is 0. The van der Waals surface area contributed by atoms with E-state index in [1.165, 1.54) is 4.88 Å². The van der Waals surface area contributed by atoms with Crippen molar-refractivity contribution in [2.24, 2.45) is 0 Å². The minimum absolute atomic E-state index is 0.716. The zero-order chi connectivity index (χ0) is 14.4. The number of hydrogen-bond donors (Lipinski definition) is 1. The Morgan fingerprint density at radius 2 is 2.00 bits per heavy atom. The maximum absolute atomic E-state index is 6.17. The van der Waals surface area contributed by atoms with Crippen LogP contribution in [0.1, 0.15) is 16.1 Å². The van der Waals surface area contributed by atoms with Gasteiger partial charge in [-0.2, -0.15) is 0 Å². The summed E-state index contributed by atoms with van der Waals surface area (Å²) in [4.78, 5) is 6.66. The van der Waals surface area contributed by atoms with Gasteiger partial charge in [-0.25, -0.2) is 4.98 Å². The van der Waals surface area contributed by atoms with Crippen molar-refractivity contribution in [3.63, 3.8) is 0 Å². The van der Waals surface area contributed by atoms with Gasteiger partial charge in [-0.3, -0.25) is 4.40 Å². The van der Waals surface area contributed by atoms with Crippen LogP contribution in [0, 0.1) is 20.8 Å². The molecule has 2 N–H and O–H groups in total. The molecule has 0 spiro atoms. The van der Waals surface area contributed by atoms with Crippen molar-refractivity contribution in [2.75, 3.05) is 12.8 Å². The molecule has 0 saturated carbocycles. The van der Waals surface area contributed by atoms with E-state index in [4.69, 9.17) is 10.5 Å². The van der Waals surface area contributed by atoms with Crippen LogP contribution in [0.25, 0.3) is 16.2 Å². The highest BCUT2D eigenvalue weighted by Gasteiger charge is 2.17. The summed E-state index contributed by atoms with van der Waals surface area (Å²) in [7, 11) is 1.69. The van der Waals surface area contributed by atoms with Crippen LogP contribution in [0.4, 0.5) is 5.82 Å². The average Bonchev–Trinajstić information content (AvgIpc) is 2.86. The molecule has 3 rings (SSSR count). The lowest BCUT2D eigenvalue weighted by atomic mass is 10.1. The summed E-state index contributed by atoms with van der Waals surface area (Å²) in [5.41, 5.74) is 10.4. The van der Waals surface area contributed by atoms with Gasteiger partial charge in [-0.1, -0.05) is 0 Å². The van der Waals surface area contributed by atoms with Crippen LogP contribution in [0.5, 0.6) is 5.75 Å². The molecule has 0 atom stereocenters. The minimum atomic E-state index is 0.716. The number of aromatic nitrogens is 2. The maximum atomic E-state index is 6.17. The number of benzene rings is 1. The lowest BCUT2D eigenvalue weighted by Gasteiger charge is -2.08. The molecule has 0 bridgehead atoms. The molecule has 2 heterocycles. The molecule has 5 heteroatoms. The Morgan fingerprint density at radius 1 is 1.25 bits per heavy atom. The number of imidazole rings is 1. The number of aryl methyl sites for hydroxylation is 3. The van der Waals surface area contributed by atoms with E-state index in [1.54, 1.807) is 18.4 Å². The first kappa shape index (κ1) is 13.0. The average molecular weight is 287 g/mol. The molecule has 3 aromatic rings. The van der Waals surface area contributed by atoms with Gasteiger partial charge < -0.3 is 10.5 Å². The molecular formula is C15H17N3OS. The van der Waals surface area contributed by atoms with E-state index in [0.29, 0.717) is 5.82 Å². The second-order valence-electron chi connectivity index (χ2n) is 4.89. The topological polar surface area (TPSA) is 52.5 Å². The van der Waals surface area contributed by atoms with Crippen molar-refractivity contribution in [1.82, 2.24) is 9.38 Å². The van der Waals surface area contributed by atoms with Crippen LogP contribution < -0.4 is 10.5 Å². The van der Waals surface area contributed by atoms with Crippen molar-refractivity contribution in [3.8, 4) is 17.0 Å². The number of thiazole rings is 1. The highest BCUT2D eigenvalue weighted by molar-refractivity contribution is 7.17. The Morgan fingerprint density at radius 3 is 2.65 bits per heavy atom. The van der Waals surface area contributed by atoms with Crippen LogP contribution >= 0.6 is 11.3 Å². The molecule has 0 amide bonds. The third kappa shape index (κ3) is 1.78. The predicted octanol–water partition coefficient (Wildman–Crippen LogP) is 3.58. The van der Waals surface area contributed by atoms with Crippen LogP contribution in [0.15, 0.2) is 18.2 Å². The van der Waals surface area contributed by atoms with E-state index >= 15 is 0 Å². The zero-order valence-corrected chi connectivity index (χ0v) is 12.8. The van der Waals surface area contributed by atoms with E-state index in [2.05, 4.69) is 24.0 Å². The minimum Gasteiger partial charge on any atom is -0.496 e. The number of nitrogens with zero attached hydrogens (tertiary/aromatic N) is 2. The first-order chi connectivity index (χ1) is 9.52. The Hall–Kier alpha value is -2.01. The van der Waals surface area contributed by atoms with Gasteiger partial charge in [0, 0.05) is 10.4 Å². The van der Waals surface area contributed by atoms with Crippen molar-refractivity contribution in [1.29, 1.82) is 0 Å². The van der Waals surface area contributed by atoms with E-state index in [9.17, 15) is 0 Å². The molecular weight excluding hydrogens is 270 g/mol. The zero-order valence-electron chi connectivity index (χ0n) is 12.0. The van der Waals surface area contributed by atoms with Crippen molar-refractivity contribution in [2.45, 2.75) is 20.8 Å². The van der Waals surface area contributed by atoms with E-state index in [-0.39, 0.29) is 0 Å². The predicted molar refractivity (Wildman–Crippen MR) is 83.7 cm³/mol. The second kappa shape index (κ2) is 4.52. The molecule has 0 radical (unpaired) electrons. The molecule has 104 valence electrons. The fourth-order valence-corrected chi connectivity index (χ4v) is 3.54. The number of ether oxygens (including phenoxy) is 1. The number of anilines is 1. The largest absolute Gasteiger partial charge is 0.496 e. The monoisotopic (exact) mass is 287 g/mol. The Labute approximate surface area is 121 Å². The van der Waals surface area contributed by atoms with Crippen LogP contribution in [0.2, 0.25) is 0 Å². The molecule has 0 fully saturated rings. The standard InChI is InChI=1S/C15H17N3OS/c1-8-7-11(5-6-12(8)19-4)13-10(3)20-15-17-9(2)14(16)18(13)15/h5-7H,16H2,1-4H3. The summed E-state index contributed by atoms with van der Waals surface area (Å²) in [6, 6.07) is 6.19. The van der Waals surface area contributed by atoms with Gasteiger partial charge >= 0.3 is 0 Å². The number of rotatable bonds is 2. The maximum Gasteiger partial charge on any atom is 0.196 e. The molecule has 0 aliphatic heterocycles. The van der Waals surface area contributed by atoms with Crippen LogP contribution in [-0.4, -0.2) is 16.5 Å². The van der Waals surface area contributed by atoms with Gasteiger partial charge in [0.05, 0.1) is 18.5 Å². The number of methoxy groups -OCH3 is 1. The van der Waals surface area contributed by atoms with Gasteiger partial charge in [-0.05, 0) is 44.5 Å². The quantitative estimate of drug-likeness (QED) is 0.784. The second-order valence-corrected chi connectivity index (χ2v) is 6.07. The molecule has 4 nitrogen and oxygen atoms in total. The Bertz CT molecular complexity index is 801. The van der Waals surface area contributed by atoms with Crippen molar-refractivity contribution >= 4 is 22.1 Å². The number of nitrogens with two attached hydrogens (primary N) is 1. The smallest absolute Gasteiger partial charge is 0.196 e. The van der Waals surface area contributed by atoms with Crippen molar-refractivity contribution in [3.05, 3.63) is 34.3 Å². The lowest BCUT2D eigenvalue weighted by molar-refractivity contribution is 0.412. The summed E-state index contributed by atoms with van der Waals surface area (Å²) < 4.78 is 7.36. The van der Waals surface area contributed by atoms with E-state index in [1.807, 2.05) is 24.3 Å². The number of nitrogen functional groups attached to an aromatic ring is 1. The highest BCUT2D eigenvalue weighted by Crippen LogP contribution is 2.35. The normalized spacial score (nSPS) is 11.2. The molecule has 0 aliphatic rings. The number of fused-ring (bicyclic) bond motifs is 1. The van der Waals surface area contributed by atoms with Gasteiger partial charge in [0.1, 0.15) is 11.6 Å². The van der Waals surface area contributed by atoms with Crippen LogP contribution in [0.3, 0.4) is 0 Å². The first-order valence-corrected chi connectivity index (χ1v) is 7.23. The lowest BCUT2D eigenvalue weighted by Crippen LogP contribution is -1.96. The van der Waals surface area contributed by atoms with Crippen molar-refractivity contribution < 1.29 is 4.74 Å². The summed E-state index contributed by atoms with van der Waals surface area (Å²) in [5, 5.41) is 0. The third-order valence-corrected chi connectivity index (χ3v) is 4.49. The Balaban J connectivity index is 2.28. The summed E-state index contributed by atoms with van der Waals surface area (Å²) in [5.74, 6) is 1.61. The van der Waals surface area contributed by atoms with Gasteiger partial charge in [0.2, 0.25) is 0 Å². The summed E-state index contributed by atoms with van der Waals surface area (Å²) in [6.45, 7) is 6.08. The van der Waals surface area contributed by atoms with Gasteiger partial charge in [0.25, 0.3) is 0 Å².